The summed E-state index contributed by atoms with van der Waals surface area (Å²) in [7, 11) is 1.28. The minimum atomic E-state index is -0.655. The maximum atomic E-state index is 14.2. The summed E-state index contributed by atoms with van der Waals surface area (Å²) in [6.07, 6.45) is 2.14. The largest absolute Gasteiger partial charge is 0.467 e. The van der Waals surface area contributed by atoms with Crippen molar-refractivity contribution in [3.8, 4) is 0 Å². The fourth-order valence-corrected chi connectivity index (χ4v) is 2.66. The second kappa shape index (κ2) is 6.11. The Morgan fingerprint density at radius 1 is 1.38 bits per heavy atom. The third-order valence-electron chi connectivity index (χ3n) is 3.74. The summed E-state index contributed by atoms with van der Waals surface area (Å²) in [6.45, 7) is 1.96. The molecule has 1 saturated heterocycles. The molecule has 1 aliphatic rings. The summed E-state index contributed by atoms with van der Waals surface area (Å²) < 4.78 is 18.9. The van der Waals surface area contributed by atoms with Crippen LogP contribution in [0.25, 0.3) is 0 Å². The number of nitrogens with two attached hydrogens (primary N) is 1. The van der Waals surface area contributed by atoms with Gasteiger partial charge < -0.3 is 15.4 Å². The van der Waals surface area contributed by atoms with Crippen LogP contribution in [0.5, 0.6) is 0 Å². The number of ether oxygens (including phenoxy) is 1. The molecule has 1 unspecified atom stereocenters. The SMILES string of the molecule is COC(=O)C1CCCCN1C(=O)c1cc(N)cc(C)c1F. The van der Waals surface area contributed by atoms with E-state index in [0.29, 0.717) is 24.2 Å². The maximum Gasteiger partial charge on any atom is 0.328 e. The molecule has 0 saturated carbocycles. The Morgan fingerprint density at radius 3 is 2.76 bits per heavy atom. The lowest BCUT2D eigenvalue weighted by Crippen LogP contribution is -2.48. The highest BCUT2D eigenvalue weighted by atomic mass is 19.1. The van der Waals surface area contributed by atoms with E-state index >= 15 is 0 Å². The van der Waals surface area contributed by atoms with E-state index in [0.717, 1.165) is 12.8 Å². The number of anilines is 1. The molecule has 6 heteroatoms. The molecule has 0 aromatic heterocycles. The number of aryl methyl sites for hydroxylation is 1. The lowest BCUT2D eigenvalue weighted by molar-refractivity contribution is -0.147. The van der Waals surface area contributed by atoms with Gasteiger partial charge in [-0.05, 0) is 43.9 Å². The number of hydrogen-bond acceptors (Lipinski definition) is 4. The Morgan fingerprint density at radius 2 is 2.10 bits per heavy atom. The number of hydrogen-bond donors (Lipinski definition) is 1. The molecule has 0 aliphatic carbocycles. The number of carbonyl (C=O) groups excluding carboxylic acids is 2. The van der Waals surface area contributed by atoms with Gasteiger partial charge in [0.2, 0.25) is 0 Å². The van der Waals surface area contributed by atoms with Crippen LogP contribution in [0.1, 0.15) is 35.2 Å². The van der Waals surface area contributed by atoms with Crippen molar-refractivity contribution in [2.24, 2.45) is 0 Å². The van der Waals surface area contributed by atoms with Crippen LogP contribution in [0, 0.1) is 12.7 Å². The quantitative estimate of drug-likeness (QED) is 0.668. The highest BCUT2D eigenvalue weighted by Gasteiger charge is 2.34. The van der Waals surface area contributed by atoms with Gasteiger partial charge in [-0.2, -0.15) is 0 Å². The molecule has 1 heterocycles. The molecule has 1 amide bonds. The number of amides is 1. The zero-order chi connectivity index (χ0) is 15.6. The van der Waals surface area contributed by atoms with E-state index in [9.17, 15) is 14.0 Å². The van der Waals surface area contributed by atoms with Crippen molar-refractivity contribution in [3.05, 3.63) is 29.1 Å². The number of methoxy groups -OCH3 is 1. The number of nitrogen functional groups attached to an aromatic ring is 1. The molecule has 21 heavy (non-hydrogen) atoms. The van der Waals surface area contributed by atoms with Crippen LogP contribution < -0.4 is 5.73 Å². The molecule has 2 N–H and O–H groups in total. The average molecular weight is 294 g/mol. The summed E-state index contributed by atoms with van der Waals surface area (Å²) >= 11 is 0. The summed E-state index contributed by atoms with van der Waals surface area (Å²) in [4.78, 5) is 25.8. The Hall–Kier alpha value is -2.11. The van der Waals surface area contributed by atoms with E-state index in [1.54, 1.807) is 6.92 Å². The molecular weight excluding hydrogens is 275 g/mol. The normalized spacial score (nSPS) is 18.4. The van der Waals surface area contributed by atoms with E-state index in [1.807, 2.05) is 0 Å². The molecule has 0 spiro atoms. The van der Waals surface area contributed by atoms with Crippen molar-refractivity contribution < 1.29 is 18.7 Å². The van der Waals surface area contributed by atoms with Crippen LogP contribution in [0.4, 0.5) is 10.1 Å². The summed E-state index contributed by atoms with van der Waals surface area (Å²) in [5.74, 6) is -1.58. The maximum absolute atomic E-state index is 14.2. The highest BCUT2D eigenvalue weighted by Crippen LogP contribution is 2.24. The van der Waals surface area contributed by atoms with Crippen LogP contribution in [0.15, 0.2) is 12.1 Å². The molecule has 1 fully saturated rings. The summed E-state index contributed by atoms with van der Waals surface area (Å²) in [5, 5.41) is 0. The van der Waals surface area contributed by atoms with Crippen molar-refractivity contribution in [2.45, 2.75) is 32.2 Å². The number of likely N-dealkylation sites (tertiary alicyclic amines) is 1. The molecule has 5 nitrogen and oxygen atoms in total. The number of carbonyl (C=O) groups is 2. The predicted octanol–water partition coefficient (Wildman–Crippen LogP) is 1.88. The van der Waals surface area contributed by atoms with Crippen LogP contribution in [-0.4, -0.2) is 36.5 Å². The molecule has 1 aromatic carbocycles. The molecule has 1 aromatic rings. The summed E-state index contributed by atoms with van der Waals surface area (Å²) in [5.41, 5.74) is 6.23. The molecule has 1 atom stereocenters. The zero-order valence-corrected chi connectivity index (χ0v) is 12.2. The molecule has 0 radical (unpaired) electrons. The Labute approximate surface area is 122 Å². The highest BCUT2D eigenvalue weighted by molar-refractivity contribution is 5.98. The standard InChI is InChI=1S/C15H19FN2O3/c1-9-7-10(17)8-11(13(9)16)14(19)18-6-4-3-5-12(18)15(20)21-2/h7-8,12H,3-6,17H2,1-2H3. The minimum absolute atomic E-state index is 0.0942. The summed E-state index contributed by atoms with van der Waals surface area (Å²) in [6, 6.07) is 2.13. The van der Waals surface area contributed by atoms with Crippen molar-refractivity contribution in [1.29, 1.82) is 0 Å². The van der Waals surface area contributed by atoms with Gasteiger partial charge in [0.15, 0.2) is 0 Å². The molecule has 0 bridgehead atoms. The van der Waals surface area contributed by atoms with E-state index in [2.05, 4.69) is 0 Å². The monoisotopic (exact) mass is 294 g/mol. The second-order valence-electron chi connectivity index (χ2n) is 5.23. The topological polar surface area (TPSA) is 72.6 Å². The van der Waals surface area contributed by atoms with E-state index < -0.39 is 23.7 Å². The Balaban J connectivity index is 2.35. The van der Waals surface area contributed by atoms with Gasteiger partial charge in [-0.3, -0.25) is 4.79 Å². The first-order valence-corrected chi connectivity index (χ1v) is 6.90. The first-order valence-electron chi connectivity index (χ1n) is 6.90. The van der Waals surface area contributed by atoms with Gasteiger partial charge in [0.05, 0.1) is 12.7 Å². The van der Waals surface area contributed by atoms with Gasteiger partial charge in [0.1, 0.15) is 11.9 Å². The lowest BCUT2D eigenvalue weighted by Gasteiger charge is -2.34. The van der Waals surface area contributed by atoms with Gasteiger partial charge >= 0.3 is 5.97 Å². The van der Waals surface area contributed by atoms with Gasteiger partial charge in [0.25, 0.3) is 5.91 Å². The van der Waals surface area contributed by atoms with E-state index in [-0.39, 0.29) is 5.56 Å². The van der Waals surface area contributed by atoms with Gasteiger partial charge in [-0.1, -0.05) is 0 Å². The van der Waals surface area contributed by atoms with Crippen LogP contribution >= 0.6 is 0 Å². The number of rotatable bonds is 2. The molecule has 114 valence electrons. The first kappa shape index (κ1) is 15.3. The fourth-order valence-electron chi connectivity index (χ4n) is 2.66. The van der Waals surface area contributed by atoms with Crippen molar-refractivity contribution in [2.75, 3.05) is 19.4 Å². The third kappa shape index (κ3) is 2.99. The number of esters is 1. The van der Waals surface area contributed by atoms with Crippen LogP contribution in [-0.2, 0) is 9.53 Å². The zero-order valence-electron chi connectivity index (χ0n) is 12.2. The third-order valence-corrected chi connectivity index (χ3v) is 3.74. The minimum Gasteiger partial charge on any atom is -0.467 e. The smallest absolute Gasteiger partial charge is 0.328 e. The van der Waals surface area contributed by atoms with Crippen molar-refractivity contribution in [3.63, 3.8) is 0 Å². The van der Waals surface area contributed by atoms with Crippen molar-refractivity contribution >= 4 is 17.6 Å². The predicted molar refractivity (Wildman–Crippen MR) is 76.2 cm³/mol. The van der Waals surface area contributed by atoms with Crippen molar-refractivity contribution in [1.82, 2.24) is 4.90 Å². The second-order valence-corrected chi connectivity index (χ2v) is 5.23. The van der Waals surface area contributed by atoms with Gasteiger partial charge in [-0.25, -0.2) is 9.18 Å². The Kier molecular flexibility index (Phi) is 4.45. The number of piperidine rings is 1. The number of halogens is 1. The van der Waals surface area contributed by atoms with Gasteiger partial charge in [0, 0.05) is 12.2 Å². The molecule has 1 aliphatic heterocycles. The molecule has 2 rings (SSSR count). The van der Waals surface area contributed by atoms with E-state index in [4.69, 9.17) is 10.5 Å². The average Bonchev–Trinajstić information content (AvgIpc) is 2.49. The first-order chi connectivity index (χ1) is 9.95. The lowest BCUT2D eigenvalue weighted by atomic mass is 10.00. The van der Waals surface area contributed by atoms with Crippen LogP contribution in [0.2, 0.25) is 0 Å². The Bertz CT molecular complexity index is 574. The number of nitrogens with zero attached hydrogens (tertiary/aromatic N) is 1. The fraction of sp³-hybridized carbons (Fsp3) is 0.467. The van der Waals surface area contributed by atoms with Crippen LogP contribution in [0.3, 0.4) is 0 Å². The molecular formula is C15H19FN2O3. The van der Waals surface area contributed by atoms with Gasteiger partial charge in [-0.15, -0.1) is 0 Å². The van der Waals surface area contributed by atoms with E-state index in [1.165, 1.54) is 24.1 Å². The number of benzene rings is 1.